The molecule has 1 aliphatic rings. The normalized spacial score (nSPS) is 23.2. The minimum absolute atomic E-state index is 0.111. The van der Waals surface area contributed by atoms with E-state index in [2.05, 4.69) is 38.0 Å². The highest BCUT2D eigenvalue weighted by molar-refractivity contribution is 7.09. The molecule has 108 valence electrons. The van der Waals surface area contributed by atoms with Crippen molar-refractivity contribution in [3.63, 3.8) is 0 Å². The molecule has 0 saturated carbocycles. The van der Waals surface area contributed by atoms with Crippen LogP contribution in [0.2, 0.25) is 0 Å². The van der Waals surface area contributed by atoms with Crippen molar-refractivity contribution in [2.75, 3.05) is 25.1 Å². The van der Waals surface area contributed by atoms with Crippen LogP contribution in [0.5, 0.6) is 0 Å². The van der Waals surface area contributed by atoms with Crippen molar-refractivity contribution in [3.8, 4) is 0 Å². The summed E-state index contributed by atoms with van der Waals surface area (Å²) in [5.41, 5.74) is 1.24. The lowest BCUT2D eigenvalue weighted by Crippen LogP contribution is -2.42. The van der Waals surface area contributed by atoms with Crippen LogP contribution >= 0.6 is 22.9 Å². The molecule has 1 saturated heterocycles. The molecule has 7 heteroatoms. The Kier molecular flexibility index (Phi) is 4.30. The molecule has 2 aromatic heterocycles. The Balaban J connectivity index is 1.75. The Morgan fingerprint density at radius 2 is 2.40 bits per heavy atom. The molecular formula is C13H17N3O2S2. The van der Waals surface area contributed by atoms with Gasteiger partial charge in [0.15, 0.2) is 5.82 Å². The van der Waals surface area contributed by atoms with Gasteiger partial charge >= 0.3 is 0 Å². The fourth-order valence-corrected chi connectivity index (χ4v) is 3.70. The van der Waals surface area contributed by atoms with E-state index >= 15 is 0 Å². The van der Waals surface area contributed by atoms with E-state index in [9.17, 15) is 0 Å². The van der Waals surface area contributed by atoms with Gasteiger partial charge in [-0.15, -0.1) is 0 Å². The third-order valence-electron chi connectivity index (χ3n) is 3.18. The fraction of sp³-hybridized carbons (Fsp3) is 0.538. The number of hydrogen-bond donors (Lipinski definition) is 0. The first-order chi connectivity index (χ1) is 9.76. The van der Waals surface area contributed by atoms with E-state index < -0.39 is 0 Å². The highest BCUT2D eigenvalue weighted by atomic mass is 32.1. The quantitative estimate of drug-likeness (QED) is 0.869. The molecule has 1 fully saturated rings. The monoisotopic (exact) mass is 311 g/mol. The molecular weight excluding hydrogens is 294 g/mol. The Morgan fingerprint density at radius 3 is 3.15 bits per heavy atom. The fourth-order valence-electron chi connectivity index (χ4n) is 2.31. The average Bonchev–Trinajstić information content (AvgIpc) is 3.09. The van der Waals surface area contributed by atoms with Crippen LogP contribution in [0.25, 0.3) is 0 Å². The number of aromatic nitrogens is 2. The third-order valence-corrected chi connectivity index (χ3v) is 4.69. The van der Waals surface area contributed by atoms with E-state index in [0.717, 1.165) is 24.0 Å². The topological polar surface area (TPSA) is 47.5 Å². The van der Waals surface area contributed by atoms with Crippen LogP contribution in [0.4, 0.5) is 5.13 Å². The summed E-state index contributed by atoms with van der Waals surface area (Å²) in [6.45, 7) is 4.23. The summed E-state index contributed by atoms with van der Waals surface area (Å²) in [5.74, 6) is 0.749. The number of nitrogens with zero attached hydrogens (tertiary/aromatic N) is 3. The number of methoxy groups -OCH3 is 1. The van der Waals surface area contributed by atoms with Gasteiger partial charge in [0.05, 0.1) is 12.6 Å². The first-order valence-electron chi connectivity index (χ1n) is 6.50. The van der Waals surface area contributed by atoms with Crippen LogP contribution in [0.1, 0.15) is 24.4 Å². The van der Waals surface area contributed by atoms with Crippen molar-refractivity contribution < 1.29 is 9.47 Å². The molecule has 0 bridgehead atoms. The highest BCUT2D eigenvalue weighted by Gasteiger charge is 2.28. The van der Waals surface area contributed by atoms with E-state index in [4.69, 9.17) is 9.47 Å². The smallest absolute Gasteiger partial charge is 0.205 e. The number of thiophene rings is 1. The number of anilines is 1. The predicted molar refractivity (Wildman–Crippen MR) is 80.4 cm³/mol. The van der Waals surface area contributed by atoms with Crippen LogP contribution in [-0.2, 0) is 16.1 Å². The maximum absolute atomic E-state index is 6.03. The molecule has 0 radical (unpaired) electrons. The van der Waals surface area contributed by atoms with Crippen molar-refractivity contribution in [3.05, 3.63) is 28.2 Å². The molecule has 3 heterocycles. The second kappa shape index (κ2) is 6.17. The number of rotatable bonds is 4. The van der Waals surface area contributed by atoms with E-state index in [1.165, 1.54) is 17.1 Å². The molecule has 5 nitrogen and oxygen atoms in total. The second-order valence-electron chi connectivity index (χ2n) is 4.82. The first-order valence-corrected chi connectivity index (χ1v) is 8.22. The van der Waals surface area contributed by atoms with Crippen molar-refractivity contribution in [2.45, 2.75) is 25.7 Å². The van der Waals surface area contributed by atoms with Gasteiger partial charge in [-0.3, -0.25) is 0 Å². The Labute approximate surface area is 126 Å². The van der Waals surface area contributed by atoms with Gasteiger partial charge in [0, 0.05) is 25.2 Å². The molecule has 0 spiro atoms. The summed E-state index contributed by atoms with van der Waals surface area (Å²) in [5, 5.41) is 5.19. The van der Waals surface area contributed by atoms with Crippen LogP contribution in [0, 0.1) is 0 Å². The van der Waals surface area contributed by atoms with Gasteiger partial charge in [-0.25, -0.2) is 4.98 Å². The number of hydrogen-bond acceptors (Lipinski definition) is 7. The maximum atomic E-state index is 6.03. The average molecular weight is 311 g/mol. The number of ether oxygens (including phenoxy) is 2. The molecule has 2 unspecified atom stereocenters. The molecule has 3 rings (SSSR count). The van der Waals surface area contributed by atoms with E-state index in [0.29, 0.717) is 6.61 Å². The van der Waals surface area contributed by atoms with Crippen LogP contribution in [-0.4, -0.2) is 35.7 Å². The minimum atomic E-state index is 0.111. The molecule has 0 aromatic carbocycles. The zero-order valence-corrected chi connectivity index (χ0v) is 13.1. The van der Waals surface area contributed by atoms with Crippen molar-refractivity contribution in [2.24, 2.45) is 0 Å². The summed E-state index contributed by atoms with van der Waals surface area (Å²) >= 11 is 3.13. The van der Waals surface area contributed by atoms with Gasteiger partial charge in [-0.05, 0) is 29.3 Å². The van der Waals surface area contributed by atoms with E-state index in [-0.39, 0.29) is 12.2 Å². The van der Waals surface area contributed by atoms with Gasteiger partial charge in [-0.2, -0.15) is 15.7 Å². The van der Waals surface area contributed by atoms with Crippen molar-refractivity contribution >= 4 is 28.0 Å². The molecule has 2 aromatic rings. The molecule has 0 aliphatic carbocycles. The largest absolute Gasteiger partial charge is 0.377 e. The number of morpholine rings is 1. The SMILES string of the molecule is COCc1nsc(N2CC(C)OC(c3ccsc3)C2)n1. The molecule has 1 aliphatic heterocycles. The Morgan fingerprint density at radius 1 is 1.50 bits per heavy atom. The molecule has 2 atom stereocenters. The third kappa shape index (κ3) is 3.01. The first kappa shape index (κ1) is 13.9. The highest BCUT2D eigenvalue weighted by Crippen LogP contribution is 2.30. The maximum Gasteiger partial charge on any atom is 0.205 e. The van der Waals surface area contributed by atoms with Gasteiger partial charge in [0.1, 0.15) is 12.7 Å². The van der Waals surface area contributed by atoms with E-state index in [1.54, 1.807) is 18.4 Å². The van der Waals surface area contributed by atoms with Gasteiger partial charge in [0.2, 0.25) is 5.13 Å². The zero-order chi connectivity index (χ0) is 13.9. The lowest BCUT2D eigenvalue weighted by Gasteiger charge is -2.36. The lowest BCUT2D eigenvalue weighted by molar-refractivity contribution is -0.0171. The summed E-state index contributed by atoms with van der Waals surface area (Å²) in [6.07, 6.45) is 0.295. The van der Waals surface area contributed by atoms with Crippen molar-refractivity contribution in [1.29, 1.82) is 0 Å². The molecule has 20 heavy (non-hydrogen) atoms. The molecule has 0 amide bonds. The lowest BCUT2D eigenvalue weighted by atomic mass is 10.1. The van der Waals surface area contributed by atoms with Gasteiger partial charge in [-0.1, -0.05) is 0 Å². The van der Waals surface area contributed by atoms with Gasteiger partial charge in [0.25, 0.3) is 0 Å². The summed E-state index contributed by atoms with van der Waals surface area (Å²) in [7, 11) is 1.66. The Bertz CT molecular complexity index is 544. The van der Waals surface area contributed by atoms with Gasteiger partial charge < -0.3 is 14.4 Å². The van der Waals surface area contributed by atoms with Crippen LogP contribution in [0.3, 0.4) is 0 Å². The summed E-state index contributed by atoms with van der Waals surface area (Å²) in [6, 6.07) is 2.13. The zero-order valence-electron chi connectivity index (χ0n) is 11.5. The minimum Gasteiger partial charge on any atom is -0.377 e. The molecule has 0 N–H and O–H groups in total. The van der Waals surface area contributed by atoms with Crippen molar-refractivity contribution in [1.82, 2.24) is 9.36 Å². The summed E-state index contributed by atoms with van der Waals surface area (Å²) in [4.78, 5) is 6.79. The Hall–Kier alpha value is -1.02. The summed E-state index contributed by atoms with van der Waals surface area (Å²) < 4.78 is 15.4. The van der Waals surface area contributed by atoms with E-state index in [1.807, 2.05) is 0 Å². The predicted octanol–water partition coefficient (Wildman–Crippen LogP) is 2.71. The van der Waals surface area contributed by atoms with Crippen LogP contribution in [0.15, 0.2) is 16.8 Å². The second-order valence-corrected chi connectivity index (χ2v) is 6.33. The standard InChI is InChI=1S/C13H17N3O2S2/c1-9-5-16(13-14-12(7-17-2)15-20-13)6-11(18-9)10-3-4-19-8-10/h3-4,8-9,11H,5-7H2,1-2H3. The van der Waals surface area contributed by atoms with Crippen LogP contribution < -0.4 is 4.90 Å².